The molecule has 0 radical (unpaired) electrons. The van der Waals surface area contributed by atoms with Crippen molar-refractivity contribution in [1.29, 1.82) is 0 Å². The highest BCUT2D eigenvalue weighted by molar-refractivity contribution is 6.17. The van der Waals surface area contributed by atoms with Gasteiger partial charge in [0, 0.05) is 37.4 Å². The fraction of sp³-hybridized carbons (Fsp3) is 0.357. The Morgan fingerprint density at radius 2 is 2.15 bits per heavy atom. The molecule has 0 aliphatic heterocycles. The van der Waals surface area contributed by atoms with Crippen LogP contribution in [0, 0.1) is 6.92 Å². The van der Waals surface area contributed by atoms with E-state index < -0.39 is 0 Å². The van der Waals surface area contributed by atoms with Gasteiger partial charge in [0.2, 0.25) is 0 Å². The van der Waals surface area contributed by atoms with Crippen LogP contribution < -0.4 is 0 Å². The smallest absolute Gasteiger partial charge is 0.160 e. The predicted molar refractivity (Wildman–Crippen MR) is 78.9 cm³/mol. The third-order valence-electron chi connectivity index (χ3n) is 3.34. The summed E-state index contributed by atoms with van der Waals surface area (Å²) in [6.45, 7) is 3.64. The van der Waals surface area contributed by atoms with Crippen molar-refractivity contribution >= 4 is 22.8 Å². The first-order valence-electron chi connectivity index (χ1n) is 6.63. The van der Waals surface area contributed by atoms with E-state index in [9.17, 15) is 0 Å². The SMILES string of the molecule is Cc1ccnc2c1nc(CCCl)n2CCn1cccn1. The summed E-state index contributed by atoms with van der Waals surface area (Å²) in [6, 6.07) is 3.91. The maximum absolute atomic E-state index is 5.88. The van der Waals surface area contributed by atoms with Crippen LogP contribution in [0.4, 0.5) is 0 Å². The van der Waals surface area contributed by atoms with Crippen LogP contribution in [0.15, 0.2) is 30.7 Å². The summed E-state index contributed by atoms with van der Waals surface area (Å²) in [5.41, 5.74) is 3.04. The average molecular weight is 290 g/mol. The van der Waals surface area contributed by atoms with Crippen molar-refractivity contribution in [3.8, 4) is 0 Å². The molecule has 3 aromatic rings. The molecule has 0 aromatic carbocycles. The minimum absolute atomic E-state index is 0.560. The number of aromatic nitrogens is 5. The summed E-state index contributed by atoms with van der Waals surface area (Å²) in [5.74, 6) is 1.55. The minimum Gasteiger partial charge on any atom is -0.311 e. The topological polar surface area (TPSA) is 48.5 Å². The zero-order valence-corrected chi connectivity index (χ0v) is 12.1. The van der Waals surface area contributed by atoms with Crippen molar-refractivity contribution in [3.05, 3.63) is 42.1 Å². The van der Waals surface area contributed by atoms with E-state index in [0.717, 1.165) is 42.1 Å². The number of aryl methyl sites for hydroxylation is 4. The molecule has 0 aliphatic carbocycles. The zero-order valence-electron chi connectivity index (χ0n) is 11.3. The highest BCUT2D eigenvalue weighted by atomic mass is 35.5. The Labute approximate surface area is 122 Å². The van der Waals surface area contributed by atoms with Gasteiger partial charge in [-0.3, -0.25) is 4.68 Å². The van der Waals surface area contributed by atoms with Gasteiger partial charge >= 0.3 is 0 Å². The Morgan fingerprint density at radius 3 is 2.90 bits per heavy atom. The van der Waals surface area contributed by atoms with Crippen molar-refractivity contribution < 1.29 is 0 Å². The second kappa shape index (κ2) is 5.63. The van der Waals surface area contributed by atoms with E-state index in [2.05, 4.69) is 26.6 Å². The number of hydrogen-bond acceptors (Lipinski definition) is 3. The molecule has 6 heteroatoms. The lowest BCUT2D eigenvalue weighted by atomic mass is 10.3. The zero-order chi connectivity index (χ0) is 13.9. The molecule has 0 atom stereocenters. The number of rotatable bonds is 5. The Kier molecular flexibility index (Phi) is 3.69. The fourth-order valence-corrected chi connectivity index (χ4v) is 2.50. The maximum Gasteiger partial charge on any atom is 0.160 e. The van der Waals surface area contributed by atoms with E-state index in [1.165, 1.54) is 0 Å². The van der Waals surface area contributed by atoms with E-state index in [-0.39, 0.29) is 0 Å². The van der Waals surface area contributed by atoms with Crippen molar-refractivity contribution in [2.45, 2.75) is 26.4 Å². The van der Waals surface area contributed by atoms with E-state index in [0.29, 0.717) is 5.88 Å². The molecule has 3 rings (SSSR count). The van der Waals surface area contributed by atoms with Crippen LogP contribution in [0.25, 0.3) is 11.2 Å². The molecule has 5 nitrogen and oxygen atoms in total. The molecule has 0 aliphatic rings. The molecule has 0 spiro atoms. The number of nitrogens with zero attached hydrogens (tertiary/aromatic N) is 5. The van der Waals surface area contributed by atoms with Gasteiger partial charge in [-0.2, -0.15) is 5.10 Å². The van der Waals surface area contributed by atoms with E-state index in [1.54, 1.807) is 6.20 Å². The van der Waals surface area contributed by atoms with E-state index >= 15 is 0 Å². The van der Waals surface area contributed by atoms with Gasteiger partial charge in [-0.25, -0.2) is 9.97 Å². The van der Waals surface area contributed by atoms with Crippen molar-refractivity contribution in [2.24, 2.45) is 0 Å². The molecule has 0 fully saturated rings. The number of pyridine rings is 1. The summed E-state index contributed by atoms with van der Waals surface area (Å²) in [7, 11) is 0. The molecular formula is C14H16ClN5. The molecule has 0 N–H and O–H groups in total. The van der Waals surface area contributed by atoms with Crippen molar-refractivity contribution in [1.82, 2.24) is 24.3 Å². The summed E-state index contributed by atoms with van der Waals surface area (Å²) in [4.78, 5) is 9.16. The van der Waals surface area contributed by atoms with Crippen molar-refractivity contribution in [2.75, 3.05) is 5.88 Å². The van der Waals surface area contributed by atoms with Crippen LogP contribution in [-0.4, -0.2) is 30.2 Å². The van der Waals surface area contributed by atoms with Crippen LogP contribution in [0.2, 0.25) is 0 Å². The van der Waals surface area contributed by atoms with Gasteiger partial charge in [-0.05, 0) is 24.6 Å². The number of fused-ring (bicyclic) bond motifs is 1. The second-order valence-corrected chi connectivity index (χ2v) is 5.07. The van der Waals surface area contributed by atoms with Gasteiger partial charge in [0.15, 0.2) is 5.65 Å². The monoisotopic (exact) mass is 289 g/mol. The van der Waals surface area contributed by atoms with Gasteiger partial charge in [-0.15, -0.1) is 11.6 Å². The van der Waals surface area contributed by atoms with Gasteiger partial charge in [0.25, 0.3) is 0 Å². The molecule has 0 amide bonds. The normalized spacial score (nSPS) is 11.3. The summed E-state index contributed by atoms with van der Waals surface area (Å²) >= 11 is 5.88. The van der Waals surface area contributed by atoms with Crippen LogP contribution in [0.3, 0.4) is 0 Å². The van der Waals surface area contributed by atoms with Gasteiger partial charge in [0.05, 0.1) is 6.54 Å². The van der Waals surface area contributed by atoms with E-state index in [1.807, 2.05) is 29.2 Å². The summed E-state index contributed by atoms with van der Waals surface area (Å²) in [6.07, 6.45) is 6.32. The first kappa shape index (κ1) is 13.1. The lowest BCUT2D eigenvalue weighted by Gasteiger charge is -2.08. The fourth-order valence-electron chi connectivity index (χ4n) is 2.33. The van der Waals surface area contributed by atoms with E-state index in [4.69, 9.17) is 11.6 Å². The molecule has 0 bridgehead atoms. The lowest BCUT2D eigenvalue weighted by molar-refractivity contribution is 0.528. The van der Waals surface area contributed by atoms with Crippen LogP contribution >= 0.6 is 11.6 Å². The Hall–Kier alpha value is -1.88. The van der Waals surface area contributed by atoms with Crippen LogP contribution in [0.5, 0.6) is 0 Å². The minimum atomic E-state index is 0.560. The molecular weight excluding hydrogens is 274 g/mol. The highest BCUT2D eigenvalue weighted by Gasteiger charge is 2.12. The van der Waals surface area contributed by atoms with Gasteiger partial charge in [0.1, 0.15) is 11.3 Å². The average Bonchev–Trinajstić information content (AvgIpc) is 3.05. The third kappa shape index (κ3) is 2.41. The standard InChI is InChI=1S/C14H16ClN5/c1-11-4-7-16-14-13(11)18-12(3-5-15)20(14)10-9-19-8-2-6-17-19/h2,4,6-8H,3,5,9-10H2,1H3. The second-order valence-electron chi connectivity index (χ2n) is 4.69. The predicted octanol–water partition coefficient (Wildman–Crippen LogP) is 2.42. The molecule has 104 valence electrons. The largest absolute Gasteiger partial charge is 0.311 e. The maximum atomic E-state index is 5.88. The van der Waals surface area contributed by atoms with Gasteiger partial charge < -0.3 is 4.57 Å². The number of imidazole rings is 1. The van der Waals surface area contributed by atoms with Crippen LogP contribution in [0.1, 0.15) is 11.4 Å². The molecule has 3 aromatic heterocycles. The first-order chi connectivity index (χ1) is 9.79. The molecule has 0 saturated heterocycles. The molecule has 0 unspecified atom stereocenters. The number of halogens is 1. The molecule has 3 heterocycles. The Bertz CT molecular complexity index is 702. The van der Waals surface area contributed by atoms with Crippen molar-refractivity contribution in [3.63, 3.8) is 0 Å². The quantitative estimate of drug-likeness (QED) is 0.678. The summed E-state index contributed by atoms with van der Waals surface area (Å²) < 4.78 is 4.05. The number of hydrogen-bond donors (Lipinski definition) is 0. The third-order valence-corrected chi connectivity index (χ3v) is 3.53. The van der Waals surface area contributed by atoms with Crippen LogP contribution in [-0.2, 0) is 19.5 Å². The first-order valence-corrected chi connectivity index (χ1v) is 7.17. The Balaban J connectivity index is 1.98. The molecule has 0 saturated carbocycles. The van der Waals surface area contributed by atoms with Gasteiger partial charge in [-0.1, -0.05) is 0 Å². The Morgan fingerprint density at radius 1 is 1.25 bits per heavy atom. The summed E-state index contributed by atoms with van der Waals surface area (Å²) in [5, 5.41) is 4.23. The molecule has 20 heavy (non-hydrogen) atoms. The number of alkyl halides is 1. The highest BCUT2D eigenvalue weighted by Crippen LogP contribution is 2.18. The lowest BCUT2D eigenvalue weighted by Crippen LogP contribution is -2.11.